The summed E-state index contributed by atoms with van der Waals surface area (Å²) in [5.74, 6) is 0.394. The summed E-state index contributed by atoms with van der Waals surface area (Å²) in [5, 5.41) is 2.98. The Labute approximate surface area is 104 Å². The Bertz CT molecular complexity index is 248. The van der Waals surface area contributed by atoms with E-state index in [4.69, 9.17) is 10.5 Å². The Hall–Kier alpha value is -0.770. The number of nitrogens with two attached hydrogens (primary N) is 1. The summed E-state index contributed by atoms with van der Waals surface area (Å²) < 4.78 is 5.28. The lowest BCUT2D eigenvalue weighted by molar-refractivity contribution is 0.0484. The van der Waals surface area contributed by atoms with Gasteiger partial charge in [0.15, 0.2) is 0 Å². The predicted molar refractivity (Wildman–Crippen MR) is 68.8 cm³/mol. The number of hydrogen-bond donors (Lipinski definition) is 2. The van der Waals surface area contributed by atoms with Crippen molar-refractivity contribution < 1.29 is 9.53 Å². The fraction of sp³-hybridized carbons (Fsp3) is 0.923. The van der Waals surface area contributed by atoms with Crippen LogP contribution in [0.3, 0.4) is 0 Å². The van der Waals surface area contributed by atoms with E-state index in [1.165, 1.54) is 12.8 Å². The summed E-state index contributed by atoms with van der Waals surface area (Å²) >= 11 is 0. The lowest BCUT2D eigenvalue weighted by Gasteiger charge is -2.27. The van der Waals surface area contributed by atoms with Crippen LogP contribution >= 0.6 is 0 Å². The fourth-order valence-corrected chi connectivity index (χ4v) is 2.32. The zero-order valence-corrected chi connectivity index (χ0v) is 11.3. The third-order valence-electron chi connectivity index (χ3n) is 3.16. The highest BCUT2D eigenvalue weighted by atomic mass is 16.6. The second kappa shape index (κ2) is 6.24. The maximum atomic E-state index is 11.7. The molecule has 2 unspecified atom stereocenters. The van der Waals surface area contributed by atoms with Crippen LogP contribution in [0.1, 0.15) is 52.9 Å². The molecule has 4 nitrogen and oxygen atoms in total. The summed E-state index contributed by atoms with van der Waals surface area (Å²) in [4.78, 5) is 11.7. The van der Waals surface area contributed by atoms with Crippen LogP contribution in [0.15, 0.2) is 0 Å². The molecule has 0 saturated heterocycles. The fourth-order valence-electron chi connectivity index (χ4n) is 2.32. The molecule has 1 saturated carbocycles. The van der Waals surface area contributed by atoms with Crippen molar-refractivity contribution in [1.82, 2.24) is 5.32 Å². The molecule has 4 heteroatoms. The van der Waals surface area contributed by atoms with Gasteiger partial charge in [-0.25, -0.2) is 4.79 Å². The van der Waals surface area contributed by atoms with Crippen LogP contribution in [-0.2, 0) is 4.74 Å². The van der Waals surface area contributed by atoms with E-state index >= 15 is 0 Å². The van der Waals surface area contributed by atoms with E-state index in [-0.39, 0.29) is 12.1 Å². The number of amides is 1. The van der Waals surface area contributed by atoms with E-state index < -0.39 is 5.60 Å². The molecule has 100 valence electrons. The molecule has 0 spiro atoms. The van der Waals surface area contributed by atoms with E-state index in [0.29, 0.717) is 12.5 Å². The van der Waals surface area contributed by atoms with Gasteiger partial charge in [-0.05, 0) is 46.1 Å². The van der Waals surface area contributed by atoms with Crippen molar-refractivity contribution in [3.63, 3.8) is 0 Å². The molecule has 3 N–H and O–H groups in total. The zero-order chi connectivity index (χ0) is 12.9. The van der Waals surface area contributed by atoms with Crippen LogP contribution in [0.25, 0.3) is 0 Å². The van der Waals surface area contributed by atoms with Gasteiger partial charge >= 0.3 is 6.09 Å². The maximum Gasteiger partial charge on any atom is 0.407 e. The van der Waals surface area contributed by atoms with E-state index in [1.807, 2.05) is 20.8 Å². The predicted octanol–water partition coefficient (Wildman–Crippen LogP) is 2.42. The minimum atomic E-state index is -0.437. The molecule has 0 aromatic heterocycles. The second-order valence-corrected chi connectivity index (χ2v) is 5.89. The Morgan fingerprint density at radius 1 is 1.29 bits per heavy atom. The van der Waals surface area contributed by atoms with Gasteiger partial charge in [0.25, 0.3) is 0 Å². The minimum Gasteiger partial charge on any atom is -0.444 e. The number of nitrogens with one attached hydrogen (secondary N) is 1. The standard InChI is InChI=1S/C13H26N2O2/c1-13(2,3)17-12(16)15-11-8-6-4-5-7-10(11)9-14/h10-11H,4-9,14H2,1-3H3,(H,15,16). The van der Waals surface area contributed by atoms with Crippen molar-refractivity contribution in [2.45, 2.75) is 64.5 Å². The van der Waals surface area contributed by atoms with Crippen LogP contribution in [0.2, 0.25) is 0 Å². The van der Waals surface area contributed by atoms with Gasteiger partial charge in [-0.3, -0.25) is 0 Å². The average Bonchev–Trinajstić information content (AvgIpc) is 2.39. The molecule has 0 aliphatic heterocycles. The summed E-state index contributed by atoms with van der Waals surface area (Å²) in [6.07, 6.45) is 5.43. The molecule has 1 aliphatic carbocycles. The number of hydrogen-bond acceptors (Lipinski definition) is 3. The molecule has 1 aliphatic rings. The van der Waals surface area contributed by atoms with Crippen molar-refractivity contribution in [2.75, 3.05) is 6.54 Å². The van der Waals surface area contributed by atoms with Crippen LogP contribution < -0.4 is 11.1 Å². The van der Waals surface area contributed by atoms with Crippen LogP contribution in [0, 0.1) is 5.92 Å². The van der Waals surface area contributed by atoms with Crippen LogP contribution in [0.4, 0.5) is 4.79 Å². The van der Waals surface area contributed by atoms with Crippen LogP contribution in [0.5, 0.6) is 0 Å². The first-order valence-electron chi connectivity index (χ1n) is 6.62. The van der Waals surface area contributed by atoms with Gasteiger partial charge in [-0.15, -0.1) is 0 Å². The van der Waals surface area contributed by atoms with Crippen molar-refractivity contribution in [3.8, 4) is 0 Å². The second-order valence-electron chi connectivity index (χ2n) is 5.89. The zero-order valence-electron chi connectivity index (χ0n) is 11.3. The third-order valence-corrected chi connectivity index (χ3v) is 3.16. The van der Waals surface area contributed by atoms with Gasteiger partial charge in [-0.2, -0.15) is 0 Å². The molecule has 2 atom stereocenters. The molecule has 0 aromatic rings. The van der Waals surface area contributed by atoms with Gasteiger partial charge < -0.3 is 15.8 Å². The molecule has 1 rings (SSSR count). The van der Waals surface area contributed by atoms with E-state index in [9.17, 15) is 4.79 Å². The SMILES string of the molecule is CC(C)(C)OC(=O)NC1CCCCCC1CN. The number of alkyl carbamates (subject to hydrolysis) is 1. The quantitative estimate of drug-likeness (QED) is 0.731. The molecular weight excluding hydrogens is 216 g/mol. The molecule has 0 aromatic carbocycles. The van der Waals surface area contributed by atoms with Crippen molar-refractivity contribution >= 4 is 6.09 Å². The number of carbonyl (C=O) groups excluding carboxylic acids is 1. The van der Waals surface area contributed by atoms with Crippen molar-refractivity contribution in [2.24, 2.45) is 11.7 Å². The van der Waals surface area contributed by atoms with E-state index in [1.54, 1.807) is 0 Å². The smallest absolute Gasteiger partial charge is 0.407 e. The van der Waals surface area contributed by atoms with E-state index in [0.717, 1.165) is 19.3 Å². The number of ether oxygens (including phenoxy) is 1. The average molecular weight is 242 g/mol. The molecule has 0 heterocycles. The summed E-state index contributed by atoms with van der Waals surface area (Å²) in [7, 11) is 0. The first kappa shape index (κ1) is 14.3. The summed E-state index contributed by atoms with van der Waals surface area (Å²) in [6.45, 7) is 6.26. The van der Waals surface area contributed by atoms with E-state index in [2.05, 4.69) is 5.32 Å². The van der Waals surface area contributed by atoms with Crippen molar-refractivity contribution in [3.05, 3.63) is 0 Å². The Kier molecular flexibility index (Phi) is 5.25. The summed E-state index contributed by atoms with van der Waals surface area (Å²) in [6, 6.07) is 0.178. The van der Waals surface area contributed by atoms with Gasteiger partial charge in [0.05, 0.1) is 0 Å². The molecular formula is C13H26N2O2. The lowest BCUT2D eigenvalue weighted by Crippen LogP contribution is -2.44. The monoisotopic (exact) mass is 242 g/mol. The molecule has 17 heavy (non-hydrogen) atoms. The lowest BCUT2D eigenvalue weighted by atomic mass is 9.95. The number of rotatable bonds is 2. The van der Waals surface area contributed by atoms with Crippen LogP contribution in [-0.4, -0.2) is 24.3 Å². The molecule has 0 radical (unpaired) electrons. The maximum absolute atomic E-state index is 11.7. The van der Waals surface area contributed by atoms with Crippen molar-refractivity contribution in [1.29, 1.82) is 0 Å². The highest BCUT2D eigenvalue weighted by molar-refractivity contribution is 5.68. The molecule has 1 fully saturated rings. The topological polar surface area (TPSA) is 64.3 Å². The van der Waals surface area contributed by atoms with Gasteiger partial charge in [0.2, 0.25) is 0 Å². The van der Waals surface area contributed by atoms with Gasteiger partial charge in [0, 0.05) is 6.04 Å². The first-order valence-corrected chi connectivity index (χ1v) is 6.62. The third kappa shape index (κ3) is 5.39. The molecule has 0 bridgehead atoms. The van der Waals surface area contributed by atoms with Gasteiger partial charge in [-0.1, -0.05) is 19.3 Å². The Morgan fingerprint density at radius 3 is 2.53 bits per heavy atom. The number of carbonyl (C=O) groups is 1. The highest BCUT2D eigenvalue weighted by Crippen LogP contribution is 2.23. The Balaban J connectivity index is 2.49. The minimum absolute atomic E-state index is 0.178. The highest BCUT2D eigenvalue weighted by Gasteiger charge is 2.26. The van der Waals surface area contributed by atoms with Gasteiger partial charge in [0.1, 0.15) is 5.60 Å². The molecule has 1 amide bonds. The normalized spacial score (nSPS) is 26.1. The largest absolute Gasteiger partial charge is 0.444 e. The summed E-state index contributed by atoms with van der Waals surface area (Å²) in [5.41, 5.74) is 5.34. The Morgan fingerprint density at radius 2 is 1.94 bits per heavy atom. The first-order chi connectivity index (χ1) is 7.92.